The molecule has 1 atom stereocenters. The zero-order chi connectivity index (χ0) is 11.9. The molecule has 0 bridgehead atoms. The molecule has 2 rings (SSSR count). The minimum atomic E-state index is -0.576. The predicted octanol–water partition coefficient (Wildman–Crippen LogP) is 1.05. The predicted molar refractivity (Wildman–Crippen MR) is 60.8 cm³/mol. The Morgan fingerprint density at radius 2 is 1.88 bits per heavy atom. The lowest BCUT2D eigenvalue weighted by Crippen LogP contribution is -2.70. The third-order valence-corrected chi connectivity index (χ3v) is 3.82. The fourth-order valence-corrected chi connectivity index (χ4v) is 2.94. The van der Waals surface area contributed by atoms with Crippen LogP contribution in [0.5, 0.6) is 0 Å². The van der Waals surface area contributed by atoms with Gasteiger partial charge in [-0.25, -0.2) is 0 Å². The molecule has 0 radical (unpaired) electrons. The summed E-state index contributed by atoms with van der Waals surface area (Å²) >= 11 is 0. The van der Waals surface area contributed by atoms with Crippen molar-refractivity contribution in [3.63, 3.8) is 0 Å². The van der Waals surface area contributed by atoms with Crippen molar-refractivity contribution < 1.29 is 9.59 Å². The van der Waals surface area contributed by atoms with E-state index in [0.717, 1.165) is 25.7 Å². The Balaban J connectivity index is 2.32. The second kappa shape index (κ2) is 3.75. The fourth-order valence-electron chi connectivity index (χ4n) is 2.94. The molecule has 90 valence electrons. The summed E-state index contributed by atoms with van der Waals surface area (Å²) in [6.45, 7) is 5.74. The number of hydrogen-bond donors (Lipinski definition) is 1. The zero-order valence-electron chi connectivity index (χ0n) is 10.2. The Bertz CT molecular complexity index is 319. The van der Waals surface area contributed by atoms with Crippen molar-refractivity contribution in [2.75, 3.05) is 0 Å². The van der Waals surface area contributed by atoms with E-state index in [4.69, 9.17) is 0 Å². The van der Waals surface area contributed by atoms with Gasteiger partial charge in [0.1, 0.15) is 11.6 Å². The highest BCUT2D eigenvalue weighted by Crippen LogP contribution is 2.35. The lowest BCUT2D eigenvalue weighted by Gasteiger charge is -2.45. The lowest BCUT2D eigenvalue weighted by atomic mass is 9.90. The molecule has 0 aromatic rings. The van der Waals surface area contributed by atoms with E-state index in [1.54, 1.807) is 11.8 Å². The van der Waals surface area contributed by atoms with Crippen LogP contribution < -0.4 is 5.32 Å². The summed E-state index contributed by atoms with van der Waals surface area (Å²) in [6.07, 6.45) is 3.67. The van der Waals surface area contributed by atoms with Crippen molar-refractivity contribution in [1.29, 1.82) is 0 Å². The van der Waals surface area contributed by atoms with E-state index in [9.17, 15) is 9.59 Å². The van der Waals surface area contributed by atoms with Gasteiger partial charge < -0.3 is 10.2 Å². The first-order chi connectivity index (χ1) is 7.48. The maximum Gasteiger partial charge on any atom is 0.249 e. The van der Waals surface area contributed by atoms with Gasteiger partial charge in [-0.3, -0.25) is 9.59 Å². The first kappa shape index (κ1) is 11.4. The van der Waals surface area contributed by atoms with Gasteiger partial charge in [0.15, 0.2) is 0 Å². The Hall–Kier alpha value is -1.06. The molecule has 4 heteroatoms. The lowest BCUT2D eigenvalue weighted by molar-refractivity contribution is -0.156. The van der Waals surface area contributed by atoms with Gasteiger partial charge in [-0.2, -0.15) is 0 Å². The van der Waals surface area contributed by atoms with Crippen LogP contribution in [-0.4, -0.2) is 34.3 Å². The summed E-state index contributed by atoms with van der Waals surface area (Å²) in [6, 6.07) is -0.246. The van der Waals surface area contributed by atoms with E-state index in [1.807, 2.05) is 13.8 Å². The normalized spacial score (nSPS) is 29.0. The van der Waals surface area contributed by atoms with Gasteiger partial charge in [-0.1, -0.05) is 12.8 Å². The summed E-state index contributed by atoms with van der Waals surface area (Å²) in [5.74, 6) is 0.113. The van der Waals surface area contributed by atoms with Gasteiger partial charge in [0.2, 0.25) is 11.8 Å². The molecule has 2 amide bonds. The highest BCUT2D eigenvalue weighted by Gasteiger charge is 2.51. The van der Waals surface area contributed by atoms with E-state index in [0.29, 0.717) is 0 Å². The van der Waals surface area contributed by atoms with Crippen LogP contribution >= 0.6 is 0 Å². The average Bonchev–Trinajstić information content (AvgIpc) is 2.65. The summed E-state index contributed by atoms with van der Waals surface area (Å²) in [5.41, 5.74) is -0.576. The molecular formula is C12H20N2O2. The third kappa shape index (κ3) is 1.51. The number of amides is 2. The number of rotatable bonds is 1. The molecule has 1 unspecified atom stereocenters. The van der Waals surface area contributed by atoms with Crippen molar-refractivity contribution in [2.24, 2.45) is 0 Å². The zero-order valence-corrected chi connectivity index (χ0v) is 10.2. The molecule has 1 heterocycles. The summed E-state index contributed by atoms with van der Waals surface area (Å²) in [7, 11) is 0. The van der Waals surface area contributed by atoms with Gasteiger partial charge in [-0.15, -0.1) is 0 Å². The summed E-state index contributed by atoms with van der Waals surface area (Å²) in [4.78, 5) is 26.1. The van der Waals surface area contributed by atoms with Crippen LogP contribution in [0.1, 0.15) is 46.5 Å². The van der Waals surface area contributed by atoms with E-state index >= 15 is 0 Å². The highest BCUT2D eigenvalue weighted by atomic mass is 16.2. The maximum absolute atomic E-state index is 12.5. The Morgan fingerprint density at radius 3 is 2.38 bits per heavy atom. The third-order valence-electron chi connectivity index (χ3n) is 3.82. The first-order valence-electron chi connectivity index (χ1n) is 6.13. The molecule has 4 nitrogen and oxygen atoms in total. The summed E-state index contributed by atoms with van der Waals surface area (Å²) in [5, 5.41) is 2.95. The van der Waals surface area contributed by atoms with E-state index in [-0.39, 0.29) is 23.9 Å². The van der Waals surface area contributed by atoms with Gasteiger partial charge in [-0.05, 0) is 33.6 Å². The van der Waals surface area contributed by atoms with Crippen LogP contribution in [0.4, 0.5) is 0 Å². The van der Waals surface area contributed by atoms with Gasteiger partial charge in [0.05, 0.1) is 0 Å². The standard InChI is InChI=1S/C12H20N2O2/c1-8(2)14-9(3)10(15)13-12(11(14)16)6-4-5-7-12/h8-9H,4-7H2,1-3H3,(H,13,15). The Kier molecular flexibility index (Phi) is 2.68. The highest BCUT2D eigenvalue weighted by molar-refractivity contribution is 6.00. The minimum absolute atomic E-state index is 0.00444. The summed E-state index contributed by atoms with van der Waals surface area (Å²) < 4.78 is 0. The Labute approximate surface area is 96.4 Å². The second-order valence-electron chi connectivity index (χ2n) is 5.26. The van der Waals surface area contributed by atoms with Crippen LogP contribution in [0, 0.1) is 0 Å². The molecule has 16 heavy (non-hydrogen) atoms. The monoisotopic (exact) mass is 224 g/mol. The molecule has 1 saturated heterocycles. The number of carbonyl (C=O) groups excluding carboxylic acids is 2. The molecule has 2 fully saturated rings. The van der Waals surface area contributed by atoms with Gasteiger partial charge >= 0.3 is 0 Å². The second-order valence-corrected chi connectivity index (χ2v) is 5.26. The van der Waals surface area contributed by atoms with Crippen LogP contribution in [0.15, 0.2) is 0 Å². The van der Waals surface area contributed by atoms with Crippen LogP contribution in [0.3, 0.4) is 0 Å². The van der Waals surface area contributed by atoms with E-state index < -0.39 is 5.54 Å². The van der Waals surface area contributed by atoms with Crippen molar-refractivity contribution in [3.05, 3.63) is 0 Å². The van der Waals surface area contributed by atoms with Crippen molar-refractivity contribution >= 4 is 11.8 Å². The number of nitrogens with one attached hydrogen (secondary N) is 1. The minimum Gasteiger partial charge on any atom is -0.340 e. The molecule has 1 N–H and O–H groups in total. The van der Waals surface area contributed by atoms with Crippen LogP contribution in [0.2, 0.25) is 0 Å². The molecule has 1 saturated carbocycles. The van der Waals surface area contributed by atoms with Crippen LogP contribution in [0.25, 0.3) is 0 Å². The van der Waals surface area contributed by atoms with Crippen molar-refractivity contribution in [3.8, 4) is 0 Å². The smallest absolute Gasteiger partial charge is 0.249 e. The van der Waals surface area contributed by atoms with E-state index in [1.165, 1.54) is 0 Å². The average molecular weight is 224 g/mol. The number of carbonyl (C=O) groups is 2. The molecule has 1 aliphatic heterocycles. The first-order valence-corrected chi connectivity index (χ1v) is 6.13. The van der Waals surface area contributed by atoms with Gasteiger partial charge in [0, 0.05) is 6.04 Å². The fraction of sp³-hybridized carbons (Fsp3) is 0.833. The Morgan fingerprint density at radius 1 is 1.31 bits per heavy atom. The van der Waals surface area contributed by atoms with Crippen molar-refractivity contribution in [2.45, 2.75) is 64.1 Å². The SMILES string of the molecule is CC(C)N1C(=O)C2(CCCC2)NC(=O)C1C. The molecule has 1 aliphatic carbocycles. The maximum atomic E-state index is 12.5. The molecule has 0 aromatic heterocycles. The van der Waals surface area contributed by atoms with Gasteiger partial charge in [0.25, 0.3) is 0 Å². The topological polar surface area (TPSA) is 49.4 Å². The van der Waals surface area contributed by atoms with E-state index in [2.05, 4.69) is 5.32 Å². The number of piperazine rings is 1. The number of hydrogen-bond acceptors (Lipinski definition) is 2. The van der Waals surface area contributed by atoms with Crippen molar-refractivity contribution in [1.82, 2.24) is 10.2 Å². The molecular weight excluding hydrogens is 204 g/mol. The molecule has 1 spiro atoms. The quantitative estimate of drug-likeness (QED) is 0.724. The van der Waals surface area contributed by atoms with Crippen LogP contribution in [-0.2, 0) is 9.59 Å². The largest absolute Gasteiger partial charge is 0.340 e. The molecule has 0 aromatic carbocycles. The molecule has 2 aliphatic rings. The number of nitrogens with zero attached hydrogens (tertiary/aromatic N) is 1.